The van der Waals surface area contributed by atoms with Crippen molar-refractivity contribution in [2.45, 2.75) is 75.7 Å². The number of ether oxygens (including phenoxy) is 1. The Morgan fingerprint density at radius 2 is 1.84 bits per heavy atom. The molecule has 1 spiro atoms. The number of likely N-dealkylation sites (tertiary alicyclic amines) is 1. The van der Waals surface area contributed by atoms with Crippen LogP contribution in [0, 0.1) is 11.8 Å². The third kappa shape index (κ3) is 5.90. The Kier molecular flexibility index (Phi) is 9.05. The lowest BCUT2D eigenvalue weighted by atomic mass is 9.50. The summed E-state index contributed by atoms with van der Waals surface area (Å²) in [7, 11) is 0. The summed E-state index contributed by atoms with van der Waals surface area (Å²) in [6.45, 7) is 5.48. The lowest BCUT2D eigenvalue weighted by Gasteiger charge is -2.60. The number of benzene rings is 3. The lowest BCUT2D eigenvalue weighted by molar-refractivity contribution is -0.139. The molecule has 264 valence electrons. The van der Waals surface area contributed by atoms with Crippen LogP contribution in [0.15, 0.2) is 66.7 Å². The molecule has 10 heteroatoms. The van der Waals surface area contributed by atoms with Gasteiger partial charge in [-0.1, -0.05) is 56.3 Å². The minimum atomic E-state index is -4.44. The molecule has 2 unspecified atom stereocenters. The van der Waals surface area contributed by atoms with E-state index in [1.165, 1.54) is 23.8 Å². The van der Waals surface area contributed by atoms with E-state index in [9.17, 15) is 33.0 Å². The predicted molar refractivity (Wildman–Crippen MR) is 183 cm³/mol. The van der Waals surface area contributed by atoms with Gasteiger partial charge in [0.25, 0.3) is 0 Å². The maximum atomic E-state index is 14.1. The van der Waals surface area contributed by atoms with Gasteiger partial charge in [-0.3, -0.25) is 14.5 Å². The van der Waals surface area contributed by atoms with E-state index in [2.05, 4.69) is 29.2 Å². The lowest BCUT2D eigenvalue weighted by Crippen LogP contribution is -2.69. The second kappa shape index (κ2) is 13.2. The standard InChI is InChI=1S/C40H43F3N2O5/c1-24(2)22-45(34(48)15-10-26-8-11-28(12-9-26)40(41,42)43)31-14-13-30-32-21-27-20-29(33(47)23-46)36(49)37-35(27)39(30,38(31)50-37)17-19-44(32)18-16-25-6-4-3-5-7-25/h3-12,15,20,24,30-32,38,46,49H,13-14,16-19,21-23H2,1-2H3/t30-,31?,32+,38?,39-/m0/s1. The zero-order valence-corrected chi connectivity index (χ0v) is 28.3. The zero-order chi connectivity index (χ0) is 35.4. The van der Waals surface area contributed by atoms with Crippen LogP contribution in [-0.2, 0) is 29.2 Å². The van der Waals surface area contributed by atoms with Gasteiger partial charge >= 0.3 is 6.18 Å². The molecule has 2 aliphatic carbocycles. The highest BCUT2D eigenvalue weighted by molar-refractivity contribution is 6.01. The van der Waals surface area contributed by atoms with Crippen molar-refractivity contribution in [2.24, 2.45) is 11.8 Å². The molecule has 1 amide bonds. The van der Waals surface area contributed by atoms with Gasteiger partial charge in [0.05, 0.1) is 17.2 Å². The number of nitrogens with zero attached hydrogens (tertiary/aromatic N) is 2. The van der Waals surface area contributed by atoms with E-state index in [4.69, 9.17) is 4.74 Å². The molecule has 1 saturated heterocycles. The van der Waals surface area contributed by atoms with Crippen molar-refractivity contribution in [2.75, 3.05) is 26.2 Å². The van der Waals surface area contributed by atoms with Crippen molar-refractivity contribution < 1.29 is 37.7 Å². The highest BCUT2D eigenvalue weighted by Gasteiger charge is 2.66. The third-order valence-electron chi connectivity index (χ3n) is 11.4. The number of phenols is 1. The Bertz CT molecular complexity index is 1790. The number of Topliss-reactive ketones (excluding diaryl/α,β-unsaturated/α-hetero) is 1. The van der Waals surface area contributed by atoms with Crippen molar-refractivity contribution in [3.8, 4) is 11.5 Å². The summed E-state index contributed by atoms with van der Waals surface area (Å²) in [5.41, 5.74) is 2.47. The first-order valence-corrected chi connectivity index (χ1v) is 17.6. The Balaban J connectivity index is 1.24. The largest absolute Gasteiger partial charge is 0.504 e. The molecule has 7 nitrogen and oxygen atoms in total. The number of carbonyl (C=O) groups excluding carboxylic acids is 2. The average molecular weight is 689 g/mol. The first kappa shape index (κ1) is 34.3. The monoisotopic (exact) mass is 688 g/mol. The molecule has 0 aromatic heterocycles. The Hall–Kier alpha value is -4.15. The Morgan fingerprint density at radius 1 is 1.10 bits per heavy atom. The molecule has 5 atom stereocenters. The van der Waals surface area contributed by atoms with Gasteiger partial charge < -0.3 is 19.8 Å². The van der Waals surface area contributed by atoms with Crippen molar-refractivity contribution >= 4 is 17.8 Å². The number of halogens is 3. The fourth-order valence-electron chi connectivity index (χ4n) is 9.31. The predicted octanol–water partition coefficient (Wildman–Crippen LogP) is 6.43. The number of amides is 1. The number of aliphatic hydroxyl groups is 1. The quantitative estimate of drug-likeness (QED) is 0.189. The van der Waals surface area contributed by atoms with Crippen molar-refractivity contribution in [1.82, 2.24) is 9.80 Å². The second-order valence-electron chi connectivity index (χ2n) is 14.7. The molecule has 2 N–H and O–H groups in total. The number of ketones is 1. The Morgan fingerprint density at radius 3 is 2.52 bits per heavy atom. The molecule has 1 saturated carbocycles. The minimum absolute atomic E-state index is 0.0507. The number of hydrogen-bond acceptors (Lipinski definition) is 6. The van der Waals surface area contributed by atoms with Gasteiger partial charge in [0.15, 0.2) is 17.3 Å². The van der Waals surface area contributed by atoms with Crippen molar-refractivity contribution in [1.29, 1.82) is 0 Å². The summed E-state index contributed by atoms with van der Waals surface area (Å²) in [4.78, 5) is 31.3. The molecule has 2 heterocycles. The number of phenolic OH excluding ortho intramolecular Hbond substituents is 1. The molecule has 3 aromatic carbocycles. The van der Waals surface area contributed by atoms with Crippen LogP contribution < -0.4 is 4.74 Å². The van der Waals surface area contributed by atoms with Crippen LogP contribution in [0.3, 0.4) is 0 Å². The van der Waals surface area contributed by atoms with Crippen LogP contribution >= 0.6 is 0 Å². The summed E-state index contributed by atoms with van der Waals surface area (Å²) in [5, 5.41) is 21.2. The summed E-state index contributed by atoms with van der Waals surface area (Å²) < 4.78 is 46.2. The SMILES string of the molecule is CC(C)CN(C(=O)C=Cc1ccc(C(F)(F)F)cc1)C1CC[C@H]2[C@H]3Cc4cc(C(=O)CO)c(O)c5c4[C@@]2(CCN3CCc2ccccc2)C1O5. The van der Waals surface area contributed by atoms with E-state index in [-0.39, 0.29) is 41.1 Å². The number of rotatable bonds is 10. The molecule has 3 aromatic rings. The topological polar surface area (TPSA) is 90.3 Å². The number of aliphatic hydroxyl groups excluding tert-OH is 1. The van der Waals surface area contributed by atoms with Crippen molar-refractivity contribution in [3.63, 3.8) is 0 Å². The molecule has 0 radical (unpaired) electrons. The van der Waals surface area contributed by atoms with Gasteiger partial charge in [0.2, 0.25) is 5.91 Å². The Labute approximate surface area is 290 Å². The van der Waals surface area contributed by atoms with Gasteiger partial charge in [-0.15, -0.1) is 0 Å². The number of hydrogen-bond donors (Lipinski definition) is 2. The van der Waals surface area contributed by atoms with Gasteiger partial charge in [-0.25, -0.2) is 0 Å². The molecule has 50 heavy (non-hydrogen) atoms. The summed E-state index contributed by atoms with van der Waals surface area (Å²) >= 11 is 0. The molecule has 7 rings (SSSR count). The van der Waals surface area contributed by atoms with E-state index in [1.54, 1.807) is 12.1 Å². The van der Waals surface area contributed by atoms with Crippen LogP contribution in [0.1, 0.15) is 71.3 Å². The molecule has 4 aliphatic rings. The van der Waals surface area contributed by atoms with Gasteiger partial charge in [-0.05, 0) is 91.5 Å². The van der Waals surface area contributed by atoms with Gasteiger partial charge in [-0.2, -0.15) is 13.2 Å². The maximum Gasteiger partial charge on any atom is 0.416 e. The van der Waals surface area contributed by atoms with E-state index < -0.39 is 35.6 Å². The van der Waals surface area contributed by atoms with E-state index >= 15 is 0 Å². The van der Waals surface area contributed by atoms with Crippen LogP contribution in [0.2, 0.25) is 0 Å². The summed E-state index contributed by atoms with van der Waals surface area (Å²) in [6, 6.07) is 16.7. The fourth-order valence-corrected chi connectivity index (χ4v) is 9.31. The zero-order valence-electron chi connectivity index (χ0n) is 28.3. The van der Waals surface area contributed by atoms with Crippen LogP contribution in [-0.4, -0.2) is 76.1 Å². The normalized spacial score (nSPS) is 25.4. The van der Waals surface area contributed by atoms with E-state index in [1.807, 2.05) is 24.8 Å². The highest BCUT2D eigenvalue weighted by atomic mass is 19.4. The van der Waals surface area contributed by atoms with Crippen LogP contribution in [0.5, 0.6) is 11.5 Å². The highest BCUT2D eigenvalue weighted by Crippen LogP contribution is 2.65. The molecular weight excluding hydrogens is 645 g/mol. The van der Waals surface area contributed by atoms with Gasteiger partial charge in [0.1, 0.15) is 12.7 Å². The van der Waals surface area contributed by atoms with Crippen LogP contribution in [0.25, 0.3) is 6.08 Å². The van der Waals surface area contributed by atoms with Crippen LogP contribution in [0.4, 0.5) is 13.2 Å². The first-order chi connectivity index (χ1) is 23.9. The third-order valence-corrected chi connectivity index (χ3v) is 11.4. The smallest absolute Gasteiger partial charge is 0.416 e. The number of aromatic hydroxyl groups is 1. The number of alkyl halides is 3. The summed E-state index contributed by atoms with van der Waals surface area (Å²) in [5.74, 6) is -0.459. The van der Waals surface area contributed by atoms with E-state index in [0.717, 1.165) is 55.6 Å². The molecule has 2 bridgehead atoms. The molecule has 2 fully saturated rings. The summed E-state index contributed by atoms with van der Waals surface area (Å²) in [6.07, 6.45) is 1.95. The van der Waals surface area contributed by atoms with Gasteiger partial charge in [0, 0.05) is 36.2 Å². The van der Waals surface area contributed by atoms with Crippen molar-refractivity contribution in [3.05, 3.63) is 100 Å². The number of piperidine rings is 1. The fraction of sp³-hybridized carbons (Fsp3) is 0.450. The second-order valence-corrected chi connectivity index (χ2v) is 14.7. The molecule has 2 aliphatic heterocycles. The van der Waals surface area contributed by atoms with E-state index in [0.29, 0.717) is 30.7 Å². The number of carbonyl (C=O) groups is 2. The first-order valence-electron chi connectivity index (χ1n) is 17.6. The molecular formula is C40H43F3N2O5. The minimum Gasteiger partial charge on any atom is -0.504 e. The average Bonchev–Trinajstić information content (AvgIpc) is 3.45. The maximum absolute atomic E-state index is 14.1.